The van der Waals surface area contributed by atoms with Gasteiger partial charge < -0.3 is 19.7 Å². The van der Waals surface area contributed by atoms with E-state index >= 15 is 0 Å². The summed E-state index contributed by atoms with van der Waals surface area (Å²) < 4.78 is 1.84. The quantitative estimate of drug-likeness (QED) is 0.489. The normalized spacial score (nSPS) is 14.0. The number of unbranched alkanes of at least 4 members (excludes halogenated alkanes) is 2. The van der Waals surface area contributed by atoms with Crippen molar-refractivity contribution in [3.05, 3.63) is 41.9 Å². The average Bonchev–Trinajstić information content (AvgIpc) is 3.05. The highest BCUT2D eigenvalue weighted by atomic mass is 16.4. The molecule has 0 saturated heterocycles. The summed E-state index contributed by atoms with van der Waals surface area (Å²) in [7, 11) is 0. The summed E-state index contributed by atoms with van der Waals surface area (Å²) in [5, 5.41) is 29.1. The topological polar surface area (TPSA) is 95.1 Å². The molecule has 0 aromatic carbocycles. The Morgan fingerprint density at radius 3 is 2.78 bits per heavy atom. The molecule has 2 aromatic heterocycles. The Labute approximate surface area is 160 Å². The number of hydrogen-bond acceptors (Lipinski definition) is 4. The second-order valence-corrected chi connectivity index (χ2v) is 6.96. The van der Waals surface area contributed by atoms with Crippen molar-refractivity contribution >= 4 is 17.7 Å². The minimum Gasteiger partial charge on any atom is -0.481 e. The smallest absolute Gasteiger partial charge is 0.303 e. The fourth-order valence-electron chi connectivity index (χ4n) is 3.06. The SMILES string of the molecule is CCCCCC(O)C/C=C/c1ccc2ncc(C(O)CCCC(=O)O)n2c1. The summed E-state index contributed by atoms with van der Waals surface area (Å²) in [4.78, 5) is 14.9. The third-order valence-electron chi connectivity index (χ3n) is 4.63. The maximum absolute atomic E-state index is 10.6. The predicted molar refractivity (Wildman–Crippen MR) is 105 cm³/mol. The van der Waals surface area contributed by atoms with E-state index in [1.807, 2.05) is 34.9 Å². The Balaban J connectivity index is 1.98. The van der Waals surface area contributed by atoms with Crippen LogP contribution < -0.4 is 0 Å². The molecular formula is C21H30N2O4. The third kappa shape index (κ3) is 6.81. The van der Waals surface area contributed by atoms with Crippen LogP contribution in [0.1, 0.15) is 75.7 Å². The molecule has 0 aliphatic rings. The first-order valence-corrected chi connectivity index (χ1v) is 9.72. The molecule has 0 bridgehead atoms. The fraction of sp³-hybridized carbons (Fsp3) is 0.524. The third-order valence-corrected chi connectivity index (χ3v) is 4.63. The van der Waals surface area contributed by atoms with Crippen LogP contribution in [0, 0.1) is 0 Å². The van der Waals surface area contributed by atoms with Crippen LogP contribution in [0.5, 0.6) is 0 Å². The van der Waals surface area contributed by atoms with E-state index in [1.165, 1.54) is 0 Å². The molecule has 0 aliphatic heterocycles. The van der Waals surface area contributed by atoms with Crippen LogP contribution in [0.15, 0.2) is 30.6 Å². The first-order chi connectivity index (χ1) is 13.0. The highest BCUT2D eigenvalue weighted by Gasteiger charge is 2.14. The van der Waals surface area contributed by atoms with Gasteiger partial charge in [-0.2, -0.15) is 0 Å². The van der Waals surface area contributed by atoms with Crippen molar-refractivity contribution in [2.45, 2.75) is 70.5 Å². The maximum atomic E-state index is 10.6. The Morgan fingerprint density at radius 2 is 2.04 bits per heavy atom. The molecule has 0 saturated carbocycles. The van der Waals surface area contributed by atoms with Gasteiger partial charge in [0, 0.05) is 12.6 Å². The molecule has 27 heavy (non-hydrogen) atoms. The Kier molecular flexibility index (Phi) is 8.48. The lowest BCUT2D eigenvalue weighted by Crippen LogP contribution is -2.04. The van der Waals surface area contributed by atoms with Crippen molar-refractivity contribution in [2.75, 3.05) is 0 Å². The standard InChI is InChI=1S/C21H30N2O4/c1-2-3-4-8-17(24)9-5-7-16-12-13-20-22-14-18(23(20)15-16)19(25)10-6-11-21(26)27/h5,7,12-15,17,19,24-25H,2-4,6,8-11H2,1H3,(H,26,27)/b7-5+. The van der Waals surface area contributed by atoms with Crippen LogP contribution in [0.25, 0.3) is 11.7 Å². The average molecular weight is 374 g/mol. The van der Waals surface area contributed by atoms with Crippen molar-refractivity contribution in [2.24, 2.45) is 0 Å². The van der Waals surface area contributed by atoms with Gasteiger partial charge in [-0.3, -0.25) is 4.79 Å². The lowest BCUT2D eigenvalue weighted by Gasteiger charge is -2.10. The van der Waals surface area contributed by atoms with Gasteiger partial charge in [0.1, 0.15) is 5.65 Å². The monoisotopic (exact) mass is 374 g/mol. The van der Waals surface area contributed by atoms with Crippen molar-refractivity contribution in [3.63, 3.8) is 0 Å². The van der Waals surface area contributed by atoms with Crippen molar-refractivity contribution < 1.29 is 20.1 Å². The first-order valence-electron chi connectivity index (χ1n) is 9.72. The van der Waals surface area contributed by atoms with E-state index in [9.17, 15) is 15.0 Å². The van der Waals surface area contributed by atoms with Crippen molar-refractivity contribution in [1.82, 2.24) is 9.38 Å². The summed E-state index contributed by atoms with van der Waals surface area (Å²) >= 11 is 0. The predicted octanol–water partition coefficient (Wildman–Crippen LogP) is 3.97. The summed E-state index contributed by atoms with van der Waals surface area (Å²) in [6, 6.07) is 3.83. The van der Waals surface area contributed by atoms with Gasteiger partial charge in [0.05, 0.1) is 24.1 Å². The number of carboxylic acid groups (broad SMARTS) is 1. The summed E-state index contributed by atoms with van der Waals surface area (Å²) in [5.41, 5.74) is 2.35. The zero-order chi connectivity index (χ0) is 19.6. The number of rotatable bonds is 12. The van der Waals surface area contributed by atoms with Gasteiger partial charge >= 0.3 is 5.97 Å². The van der Waals surface area contributed by atoms with Crippen LogP contribution in [0.2, 0.25) is 0 Å². The maximum Gasteiger partial charge on any atom is 0.303 e. The number of aliphatic carboxylic acids is 1. The lowest BCUT2D eigenvalue weighted by atomic mass is 10.1. The zero-order valence-electron chi connectivity index (χ0n) is 15.9. The Morgan fingerprint density at radius 1 is 1.22 bits per heavy atom. The number of carboxylic acids is 1. The van der Waals surface area contributed by atoms with Gasteiger partial charge in [-0.1, -0.05) is 38.3 Å². The lowest BCUT2D eigenvalue weighted by molar-refractivity contribution is -0.137. The molecule has 148 valence electrons. The Hall–Kier alpha value is -2.18. The van der Waals surface area contributed by atoms with Crippen LogP contribution in [0.4, 0.5) is 0 Å². The number of carbonyl (C=O) groups is 1. The van der Waals surface area contributed by atoms with Crippen LogP contribution in [0.3, 0.4) is 0 Å². The molecule has 0 amide bonds. The minimum atomic E-state index is -0.857. The second kappa shape index (κ2) is 10.8. The van der Waals surface area contributed by atoms with Crippen molar-refractivity contribution in [3.8, 4) is 0 Å². The molecule has 0 fully saturated rings. The number of aromatic nitrogens is 2. The Bertz CT molecular complexity index is 754. The number of aliphatic hydroxyl groups excluding tert-OH is 2. The molecule has 6 heteroatoms. The molecular weight excluding hydrogens is 344 g/mol. The van der Waals surface area contributed by atoms with Gasteiger partial charge in [0.15, 0.2) is 0 Å². The molecule has 2 atom stereocenters. The summed E-state index contributed by atoms with van der Waals surface area (Å²) in [5.74, 6) is -0.857. The van der Waals surface area contributed by atoms with Gasteiger partial charge in [-0.25, -0.2) is 4.98 Å². The highest BCUT2D eigenvalue weighted by Crippen LogP contribution is 2.21. The fourth-order valence-corrected chi connectivity index (χ4v) is 3.06. The molecule has 0 spiro atoms. The number of hydrogen-bond donors (Lipinski definition) is 3. The molecule has 2 rings (SSSR count). The molecule has 6 nitrogen and oxygen atoms in total. The number of nitrogens with zero attached hydrogens (tertiary/aromatic N) is 2. The molecule has 2 aromatic rings. The second-order valence-electron chi connectivity index (χ2n) is 6.96. The number of aliphatic hydroxyl groups is 2. The number of pyridine rings is 1. The van der Waals surface area contributed by atoms with E-state index in [0.29, 0.717) is 25.0 Å². The van der Waals surface area contributed by atoms with E-state index in [-0.39, 0.29) is 12.5 Å². The van der Waals surface area contributed by atoms with E-state index < -0.39 is 12.1 Å². The van der Waals surface area contributed by atoms with E-state index in [1.54, 1.807) is 6.20 Å². The zero-order valence-corrected chi connectivity index (χ0v) is 15.9. The molecule has 0 radical (unpaired) electrons. The largest absolute Gasteiger partial charge is 0.481 e. The van der Waals surface area contributed by atoms with E-state index in [0.717, 1.165) is 36.9 Å². The summed E-state index contributed by atoms with van der Waals surface area (Å²) in [6.45, 7) is 2.15. The van der Waals surface area contributed by atoms with Crippen LogP contribution in [-0.2, 0) is 4.79 Å². The van der Waals surface area contributed by atoms with Gasteiger partial charge in [0.25, 0.3) is 0 Å². The molecule has 2 unspecified atom stereocenters. The van der Waals surface area contributed by atoms with E-state index in [4.69, 9.17) is 5.11 Å². The summed E-state index contributed by atoms with van der Waals surface area (Å²) in [6.07, 6.45) is 12.0. The minimum absolute atomic E-state index is 0.0440. The number of fused-ring (bicyclic) bond motifs is 1. The van der Waals surface area contributed by atoms with Gasteiger partial charge in [-0.15, -0.1) is 0 Å². The van der Waals surface area contributed by atoms with Gasteiger partial charge in [-0.05, 0) is 43.4 Å². The highest BCUT2D eigenvalue weighted by molar-refractivity contribution is 5.66. The van der Waals surface area contributed by atoms with Crippen molar-refractivity contribution in [1.29, 1.82) is 0 Å². The molecule has 2 heterocycles. The first kappa shape index (κ1) is 21.1. The van der Waals surface area contributed by atoms with E-state index in [2.05, 4.69) is 11.9 Å². The molecule has 0 aliphatic carbocycles. The van der Waals surface area contributed by atoms with Crippen LogP contribution in [-0.4, -0.2) is 36.8 Å². The molecule has 3 N–H and O–H groups in total. The van der Waals surface area contributed by atoms with Gasteiger partial charge in [0.2, 0.25) is 0 Å². The number of imidazole rings is 1. The van der Waals surface area contributed by atoms with Crippen LogP contribution >= 0.6 is 0 Å².